The van der Waals surface area contributed by atoms with Crippen LogP contribution in [0, 0.1) is 0 Å². The minimum atomic E-state index is -0.312. The molecule has 2 fully saturated rings. The number of anilines is 1. The molecular formula is C24H29ClN4O3. The van der Waals surface area contributed by atoms with E-state index in [9.17, 15) is 9.59 Å². The van der Waals surface area contributed by atoms with E-state index in [1.165, 1.54) is 0 Å². The van der Waals surface area contributed by atoms with Crippen LogP contribution in [-0.4, -0.2) is 85.5 Å². The smallest absolute Gasteiger partial charge is 0.244 e. The fourth-order valence-corrected chi connectivity index (χ4v) is 4.42. The van der Waals surface area contributed by atoms with Gasteiger partial charge in [0.15, 0.2) is 0 Å². The molecule has 170 valence electrons. The number of morpholine rings is 1. The third kappa shape index (κ3) is 5.66. The Morgan fingerprint density at radius 2 is 1.56 bits per heavy atom. The van der Waals surface area contributed by atoms with Crippen molar-refractivity contribution in [3.63, 3.8) is 0 Å². The molecule has 7 nitrogen and oxygen atoms in total. The highest BCUT2D eigenvalue weighted by Gasteiger charge is 2.34. The molecular weight excluding hydrogens is 428 g/mol. The predicted molar refractivity (Wildman–Crippen MR) is 125 cm³/mol. The maximum Gasteiger partial charge on any atom is 0.244 e. The predicted octanol–water partition coefficient (Wildman–Crippen LogP) is 2.50. The van der Waals surface area contributed by atoms with Crippen LogP contribution in [0.5, 0.6) is 0 Å². The average molecular weight is 457 g/mol. The number of benzene rings is 2. The molecule has 0 spiro atoms. The summed E-state index contributed by atoms with van der Waals surface area (Å²) >= 11 is 6.14. The van der Waals surface area contributed by atoms with Gasteiger partial charge in [0, 0.05) is 39.3 Å². The molecule has 2 aromatic rings. The van der Waals surface area contributed by atoms with E-state index in [2.05, 4.69) is 15.1 Å². The number of nitrogens with zero attached hydrogens (tertiary/aromatic N) is 3. The van der Waals surface area contributed by atoms with E-state index < -0.39 is 0 Å². The molecule has 2 aliphatic heterocycles. The number of para-hydroxylation sites is 1. The number of carbonyl (C=O) groups excluding carboxylic acids is 2. The second-order valence-corrected chi connectivity index (χ2v) is 8.50. The highest BCUT2D eigenvalue weighted by molar-refractivity contribution is 6.33. The van der Waals surface area contributed by atoms with Crippen molar-refractivity contribution in [2.45, 2.75) is 6.04 Å². The molecule has 4 rings (SSSR count). The highest BCUT2D eigenvalue weighted by atomic mass is 35.5. The molecule has 32 heavy (non-hydrogen) atoms. The van der Waals surface area contributed by atoms with Crippen LogP contribution >= 0.6 is 11.6 Å². The van der Waals surface area contributed by atoms with Gasteiger partial charge in [-0.2, -0.15) is 0 Å². The van der Waals surface area contributed by atoms with Crippen molar-refractivity contribution in [1.29, 1.82) is 0 Å². The number of halogens is 1. The van der Waals surface area contributed by atoms with Crippen LogP contribution in [0.1, 0.15) is 11.6 Å². The molecule has 0 radical (unpaired) electrons. The Labute approximate surface area is 193 Å². The van der Waals surface area contributed by atoms with Gasteiger partial charge in [0.2, 0.25) is 11.8 Å². The van der Waals surface area contributed by atoms with E-state index >= 15 is 0 Å². The van der Waals surface area contributed by atoms with Gasteiger partial charge in [0.1, 0.15) is 6.04 Å². The van der Waals surface area contributed by atoms with Crippen LogP contribution in [0.2, 0.25) is 5.02 Å². The van der Waals surface area contributed by atoms with Crippen molar-refractivity contribution in [1.82, 2.24) is 14.7 Å². The number of hydrogen-bond acceptors (Lipinski definition) is 5. The molecule has 2 heterocycles. The Bertz CT molecular complexity index is 912. The largest absolute Gasteiger partial charge is 0.378 e. The number of piperazine rings is 1. The molecule has 0 unspecified atom stereocenters. The SMILES string of the molecule is O=C(CN1CCN([C@H](C(=O)N2CCOCC2)c2ccccc2)CC1)Nc1ccccc1Cl. The van der Waals surface area contributed by atoms with Gasteiger partial charge in [-0.05, 0) is 17.7 Å². The number of amides is 2. The summed E-state index contributed by atoms with van der Waals surface area (Å²) in [5.74, 6) is 0.0416. The highest BCUT2D eigenvalue weighted by Crippen LogP contribution is 2.25. The maximum atomic E-state index is 13.4. The summed E-state index contributed by atoms with van der Waals surface area (Å²) in [7, 11) is 0. The minimum absolute atomic E-state index is 0.0875. The van der Waals surface area contributed by atoms with E-state index in [-0.39, 0.29) is 17.9 Å². The average Bonchev–Trinajstić information content (AvgIpc) is 2.83. The molecule has 8 heteroatoms. The van der Waals surface area contributed by atoms with Crippen molar-refractivity contribution in [2.24, 2.45) is 0 Å². The van der Waals surface area contributed by atoms with Gasteiger partial charge in [0.05, 0.1) is 30.5 Å². The zero-order valence-corrected chi connectivity index (χ0v) is 18.8. The number of nitrogens with one attached hydrogen (secondary N) is 1. The second-order valence-electron chi connectivity index (χ2n) is 8.09. The first-order valence-electron chi connectivity index (χ1n) is 11.0. The minimum Gasteiger partial charge on any atom is -0.378 e. The monoisotopic (exact) mass is 456 g/mol. The fraction of sp³-hybridized carbons (Fsp3) is 0.417. The van der Waals surface area contributed by atoms with Gasteiger partial charge in [-0.1, -0.05) is 54.1 Å². The molecule has 2 amide bonds. The van der Waals surface area contributed by atoms with Crippen LogP contribution in [0.3, 0.4) is 0 Å². The van der Waals surface area contributed by atoms with Gasteiger partial charge in [-0.3, -0.25) is 19.4 Å². The van der Waals surface area contributed by atoms with Crippen LogP contribution in [0.15, 0.2) is 54.6 Å². The van der Waals surface area contributed by atoms with E-state index in [0.717, 1.165) is 31.7 Å². The van der Waals surface area contributed by atoms with Crippen LogP contribution in [0.25, 0.3) is 0 Å². The Hall–Kier alpha value is -2.45. The van der Waals surface area contributed by atoms with E-state index in [0.29, 0.717) is 43.6 Å². The maximum absolute atomic E-state index is 13.4. The van der Waals surface area contributed by atoms with E-state index in [1.54, 1.807) is 12.1 Å². The topological polar surface area (TPSA) is 65.1 Å². The standard InChI is InChI=1S/C24H29ClN4O3/c25-20-8-4-5-9-21(20)26-22(30)18-27-10-12-28(13-11-27)23(19-6-2-1-3-7-19)24(31)29-14-16-32-17-15-29/h1-9,23H,10-18H2,(H,26,30)/t23-/m0/s1. The first-order valence-corrected chi connectivity index (χ1v) is 11.4. The zero-order valence-electron chi connectivity index (χ0n) is 18.1. The Kier molecular flexibility index (Phi) is 7.76. The summed E-state index contributed by atoms with van der Waals surface area (Å²) in [6.07, 6.45) is 0. The van der Waals surface area contributed by atoms with Crippen molar-refractivity contribution < 1.29 is 14.3 Å². The van der Waals surface area contributed by atoms with E-state index in [4.69, 9.17) is 16.3 Å². The van der Waals surface area contributed by atoms with Gasteiger partial charge in [-0.15, -0.1) is 0 Å². The van der Waals surface area contributed by atoms with Gasteiger partial charge in [0.25, 0.3) is 0 Å². The molecule has 2 aromatic carbocycles. The molecule has 2 saturated heterocycles. The van der Waals surface area contributed by atoms with Crippen molar-refractivity contribution >= 4 is 29.1 Å². The number of hydrogen-bond donors (Lipinski definition) is 1. The van der Waals surface area contributed by atoms with Crippen LogP contribution in [0.4, 0.5) is 5.69 Å². The summed E-state index contributed by atoms with van der Waals surface area (Å²) in [4.78, 5) is 32.2. The van der Waals surface area contributed by atoms with Crippen molar-refractivity contribution in [2.75, 3.05) is 64.3 Å². The third-order valence-corrected chi connectivity index (χ3v) is 6.29. The summed E-state index contributed by atoms with van der Waals surface area (Å²) in [6.45, 7) is 5.60. The summed E-state index contributed by atoms with van der Waals surface area (Å²) in [5, 5.41) is 3.41. The lowest BCUT2D eigenvalue weighted by molar-refractivity contribution is -0.142. The lowest BCUT2D eigenvalue weighted by Gasteiger charge is -2.40. The normalized spacial score (nSPS) is 18.8. The first-order chi connectivity index (χ1) is 15.6. The van der Waals surface area contributed by atoms with Gasteiger partial charge in [-0.25, -0.2) is 0 Å². The quantitative estimate of drug-likeness (QED) is 0.723. The molecule has 1 N–H and O–H groups in total. The van der Waals surface area contributed by atoms with E-state index in [1.807, 2.05) is 47.4 Å². The van der Waals surface area contributed by atoms with Crippen molar-refractivity contribution in [3.8, 4) is 0 Å². The number of ether oxygens (including phenoxy) is 1. The number of carbonyl (C=O) groups is 2. The van der Waals surface area contributed by atoms with Crippen LogP contribution in [-0.2, 0) is 14.3 Å². The first kappa shape index (κ1) is 22.7. The molecule has 0 bridgehead atoms. The molecule has 0 aromatic heterocycles. The van der Waals surface area contributed by atoms with Crippen molar-refractivity contribution in [3.05, 3.63) is 65.2 Å². The lowest BCUT2D eigenvalue weighted by atomic mass is 10.0. The Morgan fingerprint density at radius 3 is 2.25 bits per heavy atom. The molecule has 0 saturated carbocycles. The van der Waals surface area contributed by atoms with Gasteiger partial charge >= 0.3 is 0 Å². The third-order valence-electron chi connectivity index (χ3n) is 5.96. The molecule has 2 aliphatic rings. The summed E-state index contributed by atoms with van der Waals surface area (Å²) in [5.41, 5.74) is 1.63. The number of rotatable bonds is 6. The zero-order chi connectivity index (χ0) is 22.3. The molecule has 1 atom stereocenters. The van der Waals surface area contributed by atoms with Crippen LogP contribution < -0.4 is 5.32 Å². The summed E-state index contributed by atoms with van der Waals surface area (Å²) < 4.78 is 5.42. The van der Waals surface area contributed by atoms with Gasteiger partial charge < -0.3 is 15.0 Å². The second kappa shape index (κ2) is 10.9. The molecule has 0 aliphatic carbocycles. The Balaban J connectivity index is 1.37. The fourth-order valence-electron chi connectivity index (χ4n) is 4.24. The summed E-state index contributed by atoms with van der Waals surface area (Å²) in [6, 6.07) is 16.9. The Morgan fingerprint density at radius 1 is 0.906 bits per heavy atom. The lowest BCUT2D eigenvalue weighted by Crippen LogP contribution is -2.53.